The fourth-order valence-corrected chi connectivity index (χ4v) is 2.69. The van der Waals surface area contributed by atoms with E-state index in [0.717, 1.165) is 28.7 Å². The molecule has 3 rings (SSSR count). The third-order valence-corrected chi connectivity index (χ3v) is 4.62. The second-order valence-corrected chi connectivity index (χ2v) is 6.85. The van der Waals surface area contributed by atoms with Gasteiger partial charge in [-0.05, 0) is 35.9 Å². The van der Waals surface area contributed by atoms with Crippen LogP contribution in [0.5, 0.6) is 0 Å². The average molecular weight is 334 g/mol. The fourth-order valence-electron chi connectivity index (χ4n) is 2.39. The Hall–Kier alpha value is -1.71. The van der Waals surface area contributed by atoms with Gasteiger partial charge in [-0.3, -0.25) is 5.10 Å². The molecule has 1 aromatic heterocycles. The van der Waals surface area contributed by atoms with Crippen LogP contribution in [0.3, 0.4) is 0 Å². The lowest BCUT2D eigenvalue weighted by molar-refractivity contribution is 0.557. The summed E-state index contributed by atoms with van der Waals surface area (Å²) in [5, 5.41) is 12.8. The molecule has 0 unspecified atom stereocenters. The van der Waals surface area contributed by atoms with Gasteiger partial charge in [0, 0.05) is 23.0 Å². The number of rotatable bonds is 4. The first-order valence-electron chi connectivity index (χ1n) is 7.08. The van der Waals surface area contributed by atoms with Crippen LogP contribution in [-0.2, 0) is 5.41 Å². The maximum atomic E-state index is 6.13. The lowest BCUT2D eigenvalue weighted by atomic mass is 9.84. The number of nitrogens with zero attached hydrogens (tertiary/aromatic N) is 1. The highest BCUT2D eigenvalue weighted by Gasteiger charge is 2.21. The van der Waals surface area contributed by atoms with E-state index in [1.165, 1.54) is 0 Å². The predicted molar refractivity (Wildman–Crippen MR) is 94.1 cm³/mol. The van der Waals surface area contributed by atoms with E-state index in [1.807, 2.05) is 30.5 Å². The van der Waals surface area contributed by atoms with Gasteiger partial charge in [0.05, 0.1) is 21.8 Å². The molecule has 0 radical (unpaired) electrons. The smallest absolute Gasteiger partial charge is 0.0670 e. The summed E-state index contributed by atoms with van der Waals surface area (Å²) in [6.07, 6.45) is 1.82. The molecule has 2 N–H and O–H groups in total. The molecule has 5 heteroatoms. The van der Waals surface area contributed by atoms with Gasteiger partial charge in [-0.1, -0.05) is 43.1 Å². The molecule has 0 fully saturated rings. The van der Waals surface area contributed by atoms with E-state index in [4.69, 9.17) is 23.2 Å². The maximum absolute atomic E-state index is 6.13. The van der Waals surface area contributed by atoms with Crippen LogP contribution in [0, 0.1) is 0 Å². The molecule has 0 aliphatic rings. The fraction of sp³-hybridized carbons (Fsp3) is 0.235. The molecule has 0 saturated heterocycles. The van der Waals surface area contributed by atoms with Crippen molar-refractivity contribution in [3.8, 4) is 0 Å². The van der Waals surface area contributed by atoms with Gasteiger partial charge in [0.1, 0.15) is 0 Å². The Bertz CT molecular complexity index is 809. The van der Waals surface area contributed by atoms with E-state index in [1.54, 1.807) is 0 Å². The normalized spacial score (nSPS) is 11.8. The zero-order valence-corrected chi connectivity index (χ0v) is 14.0. The van der Waals surface area contributed by atoms with E-state index in [9.17, 15) is 0 Å². The highest BCUT2D eigenvalue weighted by atomic mass is 35.5. The van der Waals surface area contributed by atoms with Crippen molar-refractivity contribution in [1.82, 2.24) is 10.2 Å². The largest absolute Gasteiger partial charge is 0.384 e. The predicted octanol–water partition coefficient (Wildman–Crippen LogP) is 5.26. The molecule has 0 aliphatic carbocycles. The number of anilines is 1. The quantitative estimate of drug-likeness (QED) is 0.683. The molecule has 3 aromatic rings. The highest BCUT2D eigenvalue weighted by Crippen LogP contribution is 2.30. The minimum Gasteiger partial charge on any atom is -0.384 e. The van der Waals surface area contributed by atoms with E-state index in [0.29, 0.717) is 10.0 Å². The molecule has 0 aliphatic heterocycles. The van der Waals surface area contributed by atoms with E-state index >= 15 is 0 Å². The Labute approximate surface area is 139 Å². The minimum absolute atomic E-state index is 0.0723. The van der Waals surface area contributed by atoms with Crippen molar-refractivity contribution in [2.24, 2.45) is 0 Å². The Morgan fingerprint density at radius 2 is 1.91 bits per heavy atom. The summed E-state index contributed by atoms with van der Waals surface area (Å²) in [4.78, 5) is 0. The number of aromatic amines is 1. The number of nitrogens with one attached hydrogen (secondary N) is 2. The minimum atomic E-state index is -0.0723. The van der Waals surface area contributed by atoms with Gasteiger partial charge in [-0.2, -0.15) is 5.10 Å². The first-order valence-corrected chi connectivity index (χ1v) is 7.84. The van der Waals surface area contributed by atoms with Gasteiger partial charge in [0.2, 0.25) is 0 Å². The van der Waals surface area contributed by atoms with Crippen LogP contribution in [0.15, 0.2) is 42.6 Å². The Morgan fingerprint density at radius 1 is 1.09 bits per heavy atom. The van der Waals surface area contributed by atoms with Gasteiger partial charge in [-0.25, -0.2) is 0 Å². The highest BCUT2D eigenvalue weighted by molar-refractivity contribution is 6.42. The Kier molecular flexibility index (Phi) is 4.02. The molecule has 114 valence electrons. The van der Waals surface area contributed by atoms with E-state index < -0.39 is 0 Å². The van der Waals surface area contributed by atoms with Gasteiger partial charge < -0.3 is 5.32 Å². The molecule has 2 aromatic carbocycles. The van der Waals surface area contributed by atoms with E-state index in [2.05, 4.69) is 41.5 Å². The third kappa shape index (κ3) is 3.06. The average Bonchev–Trinajstić information content (AvgIpc) is 2.95. The topological polar surface area (TPSA) is 40.7 Å². The summed E-state index contributed by atoms with van der Waals surface area (Å²) < 4.78 is 0. The Balaban J connectivity index is 1.77. The summed E-state index contributed by atoms with van der Waals surface area (Å²) >= 11 is 12.1. The summed E-state index contributed by atoms with van der Waals surface area (Å²) in [5.74, 6) is 0. The zero-order chi connectivity index (χ0) is 15.7. The SMILES string of the molecule is CC(C)(CNc1ccc2cn[nH]c2c1)c1ccc(Cl)c(Cl)c1. The molecular formula is C17H17Cl2N3. The number of H-pyrrole nitrogens is 1. The van der Waals surface area contributed by atoms with Crippen molar-refractivity contribution in [3.63, 3.8) is 0 Å². The summed E-state index contributed by atoms with van der Waals surface area (Å²) in [5.41, 5.74) is 3.16. The lowest BCUT2D eigenvalue weighted by Crippen LogP contribution is -2.27. The molecule has 0 spiro atoms. The summed E-state index contributed by atoms with van der Waals surface area (Å²) in [6.45, 7) is 5.13. The molecule has 0 bridgehead atoms. The number of hydrogen-bond acceptors (Lipinski definition) is 2. The number of benzene rings is 2. The van der Waals surface area contributed by atoms with Crippen LogP contribution < -0.4 is 5.32 Å². The van der Waals surface area contributed by atoms with Crippen LogP contribution in [0.1, 0.15) is 19.4 Å². The van der Waals surface area contributed by atoms with Crippen molar-refractivity contribution in [1.29, 1.82) is 0 Å². The van der Waals surface area contributed by atoms with Gasteiger partial charge in [0.25, 0.3) is 0 Å². The van der Waals surface area contributed by atoms with Crippen LogP contribution in [-0.4, -0.2) is 16.7 Å². The van der Waals surface area contributed by atoms with Gasteiger partial charge in [0.15, 0.2) is 0 Å². The molecule has 3 nitrogen and oxygen atoms in total. The lowest BCUT2D eigenvalue weighted by Gasteiger charge is -2.26. The van der Waals surface area contributed by atoms with Crippen LogP contribution in [0.4, 0.5) is 5.69 Å². The van der Waals surface area contributed by atoms with Crippen LogP contribution in [0.2, 0.25) is 10.0 Å². The van der Waals surface area contributed by atoms with Crippen LogP contribution in [0.25, 0.3) is 10.9 Å². The van der Waals surface area contributed by atoms with Crippen molar-refractivity contribution >= 4 is 39.8 Å². The van der Waals surface area contributed by atoms with Gasteiger partial charge in [-0.15, -0.1) is 0 Å². The first kappa shape index (κ1) is 15.2. The summed E-state index contributed by atoms with van der Waals surface area (Å²) in [6, 6.07) is 12.0. The van der Waals surface area contributed by atoms with Crippen molar-refractivity contribution < 1.29 is 0 Å². The second kappa shape index (κ2) is 5.82. The Morgan fingerprint density at radius 3 is 2.68 bits per heavy atom. The standard InChI is InChI=1S/C17H17Cl2N3/c1-17(2,12-4-6-14(18)15(19)7-12)10-20-13-5-3-11-9-21-22-16(11)8-13/h3-9,20H,10H2,1-2H3,(H,21,22). The summed E-state index contributed by atoms with van der Waals surface area (Å²) in [7, 11) is 0. The molecule has 0 amide bonds. The third-order valence-electron chi connectivity index (χ3n) is 3.88. The number of hydrogen-bond donors (Lipinski definition) is 2. The number of halogens is 2. The van der Waals surface area contributed by atoms with E-state index in [-0.39, 0.29) is 5.41 Å². The second-order valence-electron chi connectivity index (χ2n) is 6.04. The van der Waals surface area contributed by atoms with Crippen molar-refractivity contribution in [2.75, 3.05) is 11.9 Å². The molecule has 0 saturated carbocycles. The molecule has 0 atom stereocenters. The zero-order valence-electron chi connectivity index (χ0n) is 12.5. The first-order chi connectivity index (χ1) is 10.5. The maximum Gasteiger partial charge on any atom is 0.0670 e. The van der Waals surface area contributed by atoms with Crippen LogP contribution >= 0.6 is 23.2 Å². The number of fused-ring (bicyclic) bond motifs is 1. The molecule has 1 heterocycles. The molecular weight excluding hydrogens is 317 g/mol. The monoisotopic (exact) mass is 333 g/mol. The van der Waals surface area contributed by atoms with Gasteiger partial charge >= 0.3 is 0 Å². The number of aromatic nitrogens is 2. The molecule has 22 heavy (non-hydrogen) atoms. The van der Waals surface area contributed by atoms with Crippen molar-refractivity contribution in [3.05, 3.63) is 58.2 Å². The van der Waals surface area contributed by atoms with Crippen molar-refractivity contribution in [2.45, 2.75) is 19.3 Å².